The lowest BCUT2D eigenvalue weighted by Gasteiger charge is -2.23. The van der Waals surface area contributed by atoms with E-state index in [0.717, 1.165) is 19.5 Å². The highest BCUT2D eigenvalue weighted by atomic mass is 19.1. The first-order valence-corrected chi connectivity index (χ1v) is 7.03. The van der Waals surface area contributed by atoms with Crippen LogP contribution >= 0.6 is 0 Å². The Labute approximate surface area is 120 Å². The molecule has 1 atom stereocenters. The Balaban J connectivity index is 2.55. The van der Waals surface area contributed by atoms with Gasteiger partial charge in [0.2, 0.25) is 5.91 Å². The van der Waals surface area contributed by atoms with Crippen LogP contribution in [0.2, 0.25) is 0 Å². The van der Waals surface area contributed by atoms with Gasteiger partial charge in [-0.3, -0.25) is 9.69 Å². The van der Waals surface area contributed by atoms with E-state index in [9.17, 15) is 9.18 Å². The number of benzene rings is 1. The predicted molar refractivity (Wildman–Crippen MR) is 81.0 cm³/mol. The second-order valence-electron chi connectivity index (χ2n) is 5.13. The van der Waals surface area contributed by atoms with Crippen molar-refractivity contribution in [3.8, 4) is 0 Å². The second-order valence-corrected chi connectivity index (χ2v) is 5.13. The van der Waals surface area contributed by atoms with E-state index in [1.165, 1.54) is 18.2 Å². The Bertz CT molecular complexity index is 451. The molecule has 0 aromatic heterocycles. The minimum Gasteiger partial charge on any atom is -0.396 e. The number of nitrogens with zero attached hydrogens (tertiary/aromatic N) is 1. The molecule has 0 aliphatic carbocycles. The van der Waals surface area contributed by atoms with Gasteiger partial charge in [-0.1, -0.05) is 27.2 Å². The first kappa shape index (κ1) is 16.4. The molecule has 0 fully saturated rings. The first-order valence-electron chi connectivity index (χ1n) is 7.03. The number of likely N-dealkylation sites (N-methyl/N-ethyl adjacent to an activating group) is 1. The first-order chi connectivity index (χ1) is 9.46. The van der Waals surface area contributed by atoms with Gasteiger partial charge in [-0.15, -0.1) is 0 Å². The van der Waals surface area contributed by atoms with Crippen LogP contribution in [0.4, 0.5) is 15.8 Å². The summed E-state index contributed by atoms with van der Waals surface area (Å²) in [6.45, 7) is 8.39. The van der Waals surface area contributed by atoms with Crippen molar-refractivity contribution in [2.24, 2.45) is 5.92 Å². The van der Waals surface area contributed by atoms with Crippen LogP contribution in [0.1, 0.15) is 27.2 Å². The van der Waals surface area contributed by atoms with Crippen LogP contribution in [0.3, 0.4) is 0 Å². The summed E-state index contributed by atoms with van der Waals surface area (Å²) in [6.07, 6.45) is 1.09. The van der Waals surface area contributed by atoms with Gasteiger partial charge >= 0.3 is 0 Å². The van der Waals surface area contributed by atoms with Gasteiger partial charge in [0, 0.05) is 12.2 Å². The summed E-state index contributed by atoms with van der Waals surface area (Å²) in [5.41, 5.74) is 6.03. The van der Waals surface area contributed by atoms with Gasteiger partial charge in [-0.05, 0) is 30.7 Å². The molecule has 4 nitrogen and oxygen atoms in total. The fourth-order valence-electron chi connectivity index (χ4n) is 1.90. The summed E-state index contributed by atoms with van der Waals surface area (Å²) in [5, 5.41) is 2.74. The lowest BCUT2D eigenvalue weighted by molar-refractivity contribution is -0.117. The molecule has 112 valence electrons. The van der Waals surface area contributed by atoms with E-state index < -0.39 is 5.82 Å². The molecule has 5 heteroatoms. The number of carbonyl (C=O) groups is 1. The van der Waals surface area contributed by atoms with E-state index in [1.807, 2.05) is 6.92 Å². The molecule has 1 aromatic rings. The number of hydrogen-bond acceptors (Lipinski definition) is 3. The van der Waals surface area contributed by atoms with E-state index >= 15 is 0 Å². The Hall–Kier alpha value is -1.62. The van der Waals surface area contributed by atoms with E-state index in [0.29, 0.717) is 18.2 Å². The number of rotatable bonds is 7. The third kappa shape index (κ3) is 5.17. The van der Waals surface area contributed by atoms with Crippen molar-refractivity contribution in [2.45, 2.75) is 27.2 Å². The molecule has 1 amide bonds. The maximum Gasteiger partial charge on any atom is 0.238 e. The molecular formula is C15H24FN3O. The fraction of sp³-hybridized carbons (Fsp3) is 0.533. The van der Waals surface area contributed by atoms with Crippen LogP contribution in [-0.2, 0) is 4.79 Å². The average molecular weight is 281 g/mol. The molecule has 1 unspecified atom stereocenters. The summed E-state index contributed by atoms with van der Waals surface area (Å²) >= 11 is 0. The van der Waals surface area contributed by atoms with Gasteiger partial charge in [0.1, 0.15) is 5.82 Å². The van der Waals surface area contributed by atoms with E-state index in [4.69, 9.17) is 5.73 Å². The summed E-state index contributed by atoms with van der Waals surface area (Å²) in [5.74, 6) is -0.0275. The molecule has 3 N–H and O–H groups in total. The number of nitrogen functional groups attached to an aromatic ring is 1. The van der Waals surface area contributed by atoms with Crippen molar-refractivity contribution in [1.29, 1.82) is 0 Å². The number of halogens is 1. The van der Waals surface area contributed by atoms with Crippen molar-refractivity contribution in [3.63, 3.8) is 0 Å². The van der Waals surface area contributed by atoms with E-state index in [2.05, 4.69) is 24.1 Å². The molecule has 0 aliphatic rings. The van der Waals surface area contributed by atoms with Gasteiger partial charge in [-0.2, -0.15) is 0 Å². The SMILES string of the molecule is CCC(C)CN(CC)CC(=O)Nc1ccc(F)c(N)c1. The quantitative estimate of drug-likeness (QED) is 0.756. The summed E-state index contributed by atoms with van der Waals surface area (Å²) in [4.78, 5) is 14.1. The van der Waals surface area contributed by atoms with Gasteiger partial charge in [0.05, 0.1) is 12.2 Å². The summed E-state index contributed by atoms with van der Waals surface area (Å²) in [7, 11) is 0. The monoisotopic (exact) mass is 281 g/mol. The van der Waals surface area contributed by atoms with Crippen LogP contribution < -0.4 is 11.1 Å². The van der Waals surface area contributed by atoms with Crippen LogP contribution in [0.5, 0.6) is 0 Å². The predicted octanol–water partition coefficient (Wildman–Crippen LogP) is 2.71. The topological polar surface area (TPSA) is 58.4 Å². The third-order valence-corrected chi connectivity index (χ3v) is 3.36. The Morgan fingerprint density at radius 3 is 2.70 bits per heavy atom. The number of amides is 1. The number of carbonyl (C=O) groups excluding carboxylic acids is 1. The Morgan fingerprint density at radius 1 is 1.45 bits per heavy atom. The molecule has 0 heterocycles. The largest absolute Gasteiger partial charge is 0.396 e. The number of nitrogens with one attached hydrogen (secondary N) is 1. The zero-order valence-corrected chi connectivity index (χ0v) is 12.4. The molecule has 1 aromatic carbocycles. The van der Waals surface area contributed by atoms with E-state index in [-0.39, 0.29) is 11.6 Å². The zero-order valence-electron chi connectivity index (χ0n) is 12.4. The van der Waals surface area contributed by atoms with Gasteiger partial charge in [0.25, 0.3) is 0 Å². The van der Waals surface area contributed by atoms with Gasteiger partial charge in [-0.25, -0.2) is 4.39 Å². The molecule has 0 spiro atoms. The molecule has 0 aliphatic heterocycles. The van der Waals surface area contributed by atoms with Crippen LogP contribution in [0, 0.1) is 11.7 Å². The molecule has 20 heavy (non-hydrogen) atoms. The van der Waals surface area contributed by atoms with Gasteiger partial charge in [0.15, 0.2) is 0 Å². The van der Waals surface area contributed by atoms with Crippen molar-refractivity contribution in [1.82, 2.24) is 4.90 Å². The van der Waals surface area contributed by atoms with Gasteiger partial charge < -0.3 is 11.1 Å². The minimum atomic E-state index is -0.477. The summed E-state index contributed by atoms with van der Waals surface area (Å²) in [6, 6.07) is 4.19. The zero-order chi connectivity index (χ0) is 15.1. The van der Waals surface area contributed by atoms with Crippen molar-refractivity contribution >= 4 is 17.3 Å². The maximum absolute atomic E-state index is 13.0. The molecule has 0 bridgehead atoms. The summed E-state index contributed by atoms with van der Waals surface area (Å²) < 4.78 is 13.0. The lowest BCUT2D eigenvalue weighted by Crippen LogP contribution is -2.36. The van der Waals surface area contributed by atoms with Crippen LogP contribution in [-0.4, -0.2) is 30.4 Å². The lowest BCUT2D eigenvalue weighted by atomic mass is 10.1. The molecule has 0 saturated heterocycles. The van der Waals surface area contributed by atoms with Crippen LogP contribution in [0.15, 0.2) is 18.2 Å². The molecular weight excluding hydrogens is 257 g/mol. The second kappa shape index (κ2) is 7.85. The van der Waals surface area contributed by atoms with Crippen molar-refractivity contribution in [2.75, 3.05) is 30.7 Å². The van der Waals surface area contributed by atoms with Crippen LogP contribution in [0.25, 0.3) is 0 Å². The highest BCUT2D eigenvalue weighted by molar-refractivity contribution is 5.92. The number of anilines is 2. The fourth-order valence-corrected chi connectivity index (χ4v) is 1.90. The minimum absolute atomic E-state index is 0.0368. The molecule has 0 radical (unpaired) electrons. The standard InChI is InChI=1S/C15H24FN3O/c1-4-11(3)9-19(5-2)10-15(20)18-12-6-7-13(16)14(17)8-12/h6-8,11H,4-5,9-10,17H2,1-3H3,(H,18,20). The van der Waals surface area contributed by atoms with Crippen molar-refractivity contribution < 1.29 is 9.18 Å². The Morgan fingerprint density at radius 2 is 2.15 bits per heavy atom. The normalized spacial score (nSPS) is 12.4. The van der Waals surface area contributed by atoms with E-state index in [1.54, 1.807) is 0 Å². The Kier molecular flexibility index (Phi) is 6.45. The average Bonchev–Trinajstić information content (AvgIpc) is 2.41. The highest BCUT2D eigenvalue weighted by Crippen LogP contribution is 2.16. The smallest absolute Gasteiger partial charge is 0.238 e. The number of nitrogens with two attached hydrogens (primary N) is 1. The molecule has 0 saturated carbocycles. The maximum atomic E-state index is 13.0. The molecule has 1 rings (SSSR count). The number of hydrogen-bond donors (Lipinski definition) is 2. The highest BCUT2D eigenvalue weighted by Gasteiger charge is 2.12. The van der Waals surface area contributed by atoms with Crippen molar-refractivity contribution in [3.05, 3.63) is 24.0 Å². The third-order valence-electron chi connectivity index (χ3n) is 3.36.